The van der Waals surface area contributed by atoms with E-state index < -0.39 is 17.2 Å². The number of anilines is 2. The second-order valence-corrected chi connectivity index (χ2v) is 13.3. The molecule has 232 valence electrons. The Morgan fingerprint density at radius 1 is 1.09 bits per heavy atom. The Labute approximate surface area is 255 Å². The van der Waals surface area contributed by atoms with Crippen LogP contribution in [-0.4, -0.2) is 71.7 Å². The number of imidazole rings is 1. The van der Waals surface area contributed by atoms with E-state index in [9.17, 15) is 9.18 Å². The Hall–Kier alpha value is -4.19. The molecule has 1 N–H and O–H groups in total. The van der Waals surface area contributed by atoms with Crippen molar-refractivity contribution >= 4 is 28.9 Å². The van der Waals surface area contributed by atoms with Crippen LogP contribution in [-0.2, 0) is 23.2 Å². The molecule has 1 atom stereocenters. The van der Waals surface area contributed by atoms with E-state index >= 15 is 4.39 Å². The van der Waals surface area contributed by atoms with Gasteiger partial charge in [0, 0.05) is 55.9 Å². The molecule has 3 aromatic heterocycles. The molecule has 10 nitrogen and oxygen atoms in total. The maximum Gasteiger partial charge on any atom is 0.410 e. The van der Waals surface area contributed by atoms with E-state index in [2.05, 4.69) is 44.0 Å². The summed E-state index contributed by atoms with van der Waals surface area (Å²) in [6.07, 6.45) is 4.23. The number of amides is 1. The highest BCUT2D eigenvalue weighted by atomic mass is 19.1. The summed E-state index contributed by atoms with van der Waals surface area (Å²) in [5.74, 6) is 0.304. The largest absolute Gasteiger partial charge is 0.444 e. The van der Waals surface area contributed by atoms with E-state index in [-0.39, 0.29) is 34.8 Å². The number of aromatic nitrogens is 5. The highest BCUT2D eigenvalue weighted by Gasteiger charge is 2.34. The minimum absolute atomic E-state index is 0.00841. The van der Waals surface area contributed by atoms with Crippen LogP contribution in [0.2, 0.25) is 0 Å². The molecule has 0 aliphatic carbocycles. The summed E-state index contributed by atoms with van der Waals surface area (Å²) in [6.45, 7) is 14.5. The lowest BCUT2D eigenvalue weighted by Crippen LogP contribution is -2.54. The summed E-state index contributed by atoms with van der Waals surface area (Å²) in [7, 11) is 0. The number of hydrogen-bond donors (Lipinski definition) is 1. The summed E-state index contributed by atoms with van der Waals surface area (Å²) >= 11 is 0. The third kappa shape index (κ3) is 5.95. The minimum atomic E-state index is -0.654. The number of ether oxygens (including phenoxy) is 1. The third-order valence-electron chi connectivity index (χ3n) is 8.18. The number of nitrogens with one attached hydrogen (secondary N) is 1. The second kappa shape index (κ2) is 11.1. The van der Waals surface area contributed by atoms with Crippen LogP contribution in [0.25, 0.3) is 22.3 Å². The molecule has 0 radical (unpaired) electrons. The fourth-order valence-electron chi connectivity index (χ4n) is 6.06. The van der Waals surface area contributed by atoms with Gasteiger partial charge < -0.3 is 19.5 Å². The van der Waals surface area contributed by atoms with Crippen molar-refractivity contribution in [3.05, 3.63) is 59.7 Å². The molecule has 2 aliphatic heterocycles. The highest BCUT2D eigenvalue weighted by Crippen LogP contribution is 2.38. The lowest BCUT2D eigenvalue weighted by molar-refractivity contribution is 0.000545. The lowest BCUT2D eigenvalue weighted by atomic mass is 10.0. The van der Waals surface area contributed by atoms with Crippen molar-refractivity contribution in [3.63, 3.8) is 0 Å². The first-order valence-corrected chi connectivity index (χ1v) is 15.0. The molecule has 0 unspecified atom stereocenters. The van der Waals surface area contributed by atoms with Crippen molar-refractivity contribution in [2.45, 2.75) is 78.1 Å². The van der Waals surface area contributed by atoms with Crippen LogP contribution in [0.1, 0.15) is 59.4 Å². The molecule has 0 saturated carbocycles. The maximum absolute atomic E-state index is 15.2. The van der Waals surface area contributed by atoms with E-state index in [1.807, 2.05) is 44.4 Å². The summed E-state index contributed by atoms with van der Waals surface area (Å²) < 4.78 is 37.7. The molecule has 0 spiro atoms. The Bertz CT molecular complexity index is 1710. The van der Waals surface area contributed by atoms with Crippen LogP contribution in [0.5, 0.6) is 0 Å². The molecule has 1 amide bonds. The lowest BCUT2D eigenvalue weighted by Gasteiger charge is -2.40. The van der Waals surface area contributed by atoms with E-state index in [0.717, 1.165) is 43.5 Å². The molecule has 1 aromatic carbocycles. The highest BCUT2D eigenvalue weighted by molar-refractivity contribution is 5.83. The maximum atomic E-state index is 15.2. The molecule has 1 saturated heterocycles. The van der Waals surface area contributed by atoms with Gasteiger partial charge >= 0.3 is 6.09 Å². The number of rotatable bonds is 5. The van der Waals surface area contributed by atoms with Crippen molar-refractivity contribution < 1.29 is 18.3 Å². The number of aryl methyl sites for hydroxylation is 1. The van der Waals surface area contributed by atoms with Crippen molar-refractivity contribution in [2.75, 3.05) is 25.0 Å². The number of halogens is 2. The van der Waals surface area contributed by atoms with E-state index in [1.165, 1.54) is 6.07 Å². The molecular formula is C32H38F2N8O2. The summed E-state index contributed by atoms with van der Waals surface area (Å²) in [5, 5.41) is 3.03. The smallest absolute Gasteiger partial charge is 0.410 e. The van der Waals surface area contributed by atoms with Crippen LogP contribution in [0.3, 0.4) is 0 Å². The third-order valence-corrected chi connectivity index (χ3v) is 8.18. The number of benzene rings is 1. The standard InChI is InChI=1S/C32H38F2N8O2/c1-19-17-40(11-12-41(19)30(43)44-31(2,3)4)18-20-7-8-25(35-15-20)37-29-36-16-23(34)27(39-29)21-13-22(33)28-24(14-21)42-26(38-28)9-10-32(42,5)6/h7-8,13-16,19H,9-12,17-18H2,1-6H3,(H,35,36,37,39)/t19-/m0/s1. The van der Waals surface area contributed by atoms with Crippen molar-refractivity contribution in [2.24, 2.45) is 0 Å². The van der Waals surface area contributed by atoms with Crippen molar-refractivity contribution in [1.82, 2.24) is 34.3 Å². The molecule has 5 heterocycles. The van der Waals surface area contributed by atoms with Gasteiger partial charge in [-0.1, -0.05) is 6.07 Å². The van der Waals surface area contributed by atoms with Gasteiger partial charge in [-0.15, -0.1) is 0 Å². The van der Waals surface area contributed by atoms with Gasteiger partial charge in [0.25, 0.3) is 0 Å². The number of carbonyl (C=O) groups excluding carboxylic acids is 1. The molecular weight excluding hydrogens is 566 g/mol. The van der Waals surface area contributed by atoms with Crippen LogP contribution >= 0.6 is 0 Å². The Kier molecular flexibility index (Phi) is 7.51. The van der Waals surface area contributed by atoms with E-state index in [4.69, 9.17) is 4.74 Å². The first kappa shape index (κ1) is 29.9. The van der Waals surface area contributed by atoms with Gasteiger partial charge in [-0.25, -0.2) is 33.5 Å². The first-order valence-electron chi connectivity index (χ1n) is 15.0. The Balaban J connectivity index is 1.14. The average Bonchev–Trinajstić information content (AvgIpc) is 3.47. The average molecular weight is 605 g/mol. The zero-order valence-corrected chi connectivity index (χ0v) is 26.0. The van der Waals surface area contributed by atoms with Gasteiger partial charge in [-0.3, -0.25) is 4.90 Å². The fourth-order valence-corrected chi connectivity index (χ4v) is 6.06. The summed E-state index contributed by atoms with van der Waals surface area (Å²) in [4.78, 5) is 34.1. The van der Waals surface area contributed by atoms with Gasteiger partial charge in [0.2, 0.25) is 5.95 Å². The molecule has 0 bridgehead atoms. The number of hydrogen-bond acceptors (Lipinski definition) is 8. The molecule has 4 aromatic rings. The van der Waals surface area contributed by atoms with Gasteiger partial charge in [-0.05, 0) is 71.7 Å². The quantitative estimate of drug-likeness (QED) is 0.295. The number of nitrogens with zero attached hydrogens (tertiary/aromatic N) is 7. The molecule has 6 rings (SSSR count). The van der Waals surface area contributed by atoms with E-state index in [0.29, 0.717) is 30.0 Å². The van der Waals surface area contributed by atoms with Gasteiger partial charge in [-0.2, -0.15) is 0 Å². The summed E-state index contributed by atoms with van der Waals surface area (Å²) in [6, 6.07) is 6.81. The normalized spacial score (nSPS) is 18.5. The second-order valence-electron chi connectivity index (χ2n) is 13.3. The Morgan fingerprint density at radius 3 is 2.59 bits per heavy atom. The van der Waals surface area contributed by atoms with Crippen LogP contribution in [0.4, 0.5) is 25.3 Å². The predicted molar refractivity (Wildman–Crippen MR) is 164 cm³/mol. The van der Waals surface area contributed by atoms with Crippen LogP contribution in [0.15, 0.2) is 36.7 Å². The molecule has 44 heavy (non-hydrogen) atoms. The van der Waals surface area contributed by atoms with Gasteiger partial charge in [0.05, 0.1) is 11.7 Å². The topological polar surface area (TPSA) is 101 Å². The van der Waals surface area contributed by atoms with Crippen LogP contribution in [0, 0.1) is 11.6 Å². The monoisotopic (exact) mass is 604 g/mol. The predicted octanol–water partition coefficient (Wildman–Crippen LogP) is 6.03. The van der Waals surface area contributed by atoms with Crippen molar-refractivity contribution in [1.29, 1.82) is 0 Å². The van der Waals surface area contributed by atoms with Crippen molar-refractivity contribution in [3.8, 4) is 11.3 Å². The number of fused-ring (bicyclic) bond motifs is 3. The number of pyridine rings is 1. The van der Waals surface area contributed by atoms with Gasteiger partial charge in [0.15, 0.2) is 11.6 Å². The molecule has 1 fully saturated rings. The minimum Gasteiger partial charge on any atom is -0.444 e. The molecule has 2 aliphatic rings. The van der Waals surface area contributed by atoms with Crippen LogP contribution < -0.4 is 5.32 Å². The fraction of sp³-hybridized carbons (Fsp3) is 0.469. The zero-order chi connectivity index (χ0) is 31.4. The summed E-state index contributed by atoms with van der Waals surface area (Å²) in [5.41, 5.74) is 1.49. The SMILES string of the molecule is C[C@H]1CN(Cc2ccc(Nc3ncc(F)c(-c4cc(F)c5nc6n(c5c4)C(C)(C)CC6)n3)nc2)CCN1C(=O)OC(C)(C)C. The zero-order valence-electron chi connectivity index (χ0n) is 26.0. The Morgan fingerprint density at radius 2 is 1.89 bits per heavy atom. The number of carbonyl (C=O) groups is 1. The first-order chi connectivity index (χ1) is 20.8. The van der Waals surface area contributed by atoms with E-state index in [1.54, 1.807) is 17.2 Å². The van der Waals surface area contributed by atoms with Gasteiger partial charge in [0.1, 0.15) is 28.5 Å². The molecule has 12 heteroatoms. The number of piperazine rings is 1.